The second-order valence-electron chi connectivity index (χ2n) is 3.39. The molecule has 0 bridgehead atoms. The van der Waals surface area contributed by atoms with E-state index in [2.05, 4.69) is 10.2 Å². The number of halogens is 1. The third-order valence-corrected chi connectivity index (χ3v) is 3.44. The van der Waals surface area contributed by atoms with Crippen LogP contribution in [0.2, 0.25) is 5.02 Å². The average Bonchev–Trinajstić information content (AvgIpc) is 2.74. The van der Waals surface area contributed by atoms with Crippen LogP contribution in [0.25, 0.3) is 11.1 Å². The van der Waals surface area contributed by atoms with Crippen molar-refractivity contribution in [3.63, 3.8) is 0 Å². The molecule has 0 spiro atoms. The molecule has 1 aromatic heterocycles. The highest BCUT2D eigenvalue weighted by molar-refractivity contribution is 7.98. The van der Waals surface area contributed by atoms with E-state index in [-0.39, 0.29) is 0 Å². The predicted molar refractivity (Wildman–Crippen MR) is 71.8 cm³/mol. The Morgan fingerprint density at radius 2 is 2.24 bits per heavy atom. The molecule has 0 saturated carbocycles. The molecule has 0 aliphatic rings. The smallest absolute Gasteiger partial charge is 0.151 e. The van der Waals surface area contributed by atoms with Crippen molar-refractivity contribution in [2.24, 2.45) is 0 Å². The summed E-state index contributed by atoms with van der Waals surface area (Å²) >= 11 is 7.74. The van der Waals surface area contributed by atoms with E-state index >= 15 is 0 Å². The molecule has 0 aliphatic carbocycles. The van der Waals surface area contributed by atoms with Gasteiger partial charge in [0.1, 0.15) is 5.82 Å². The van der Waals surface area contributed by atoms with Gasteiger partial charge in [0.15, 0.2) is 5.75 Å². The Morgan fingerprint density at radius 1 is 1.47 bits per heavy atom. The van der Waals surface area contributed by atoms with Crippen LogP contribution in [0.4, 0.5) is 5.82 Å². The molecule has 0 atom stereocenters. The summed E-state index contributed by atoms with van der Waals surface area (Å²) in [6.07, 6.45) is 3.65. The number of nitrogen functional groups attached to an aromatic ring is 1. The summed E-state index contributed by atoms with van der Waals surface area (Å²) in [5, 5.41) is 7.16. The Hall–Kier alpha value is -1.33. The van der Waals surface area contributed by atoms with Gasteiger partial charge in [-0.1, -0.05) is 11.6 Å². The van der Waals surface area contributed by atoms with Crippen molar-refractivity contribution in [3.05, 3.63) is 23.4 Å². The second-order valence-corrected chi connectivity index (χ2v) is 4.65. The summed E-state index contributed by atoms with van der Waals surface area (Å²) in [5.74, 6) is 1.21. The molecule has 1 aromatic carbocycles. The van der Waals surface area contributed by atoms with Crippen LogP contribution in [-0.2, 0) is 0 Å². The van der Waals surface area contributed by atoms with Gasteiger partial charge in [0.2, 0.25) is 0 Å². The molecular weight excluding hydrogens is 258 g/mol. The monoisotopic (exact) mass is 269 g/mol. The normalized spacial score (nSPS) is 10.5. The van der Waals surface area contributed by atoms with Crippen molar-refractivity contribution >= 4 is 29.2 Å². The quantitative estimate of drug-likeness (QED) is 0.841. The number of benzene rings is 1. The molecule has 1 heterocycles. The van der Waals surface area contributed by atoms with Crippen LogP contribution >= 0.6 is 23.4 Å². The molecule has 90 valence electrons. The largest absolute Gasteiger partial charge is 0.494 e. The first kappa shape index (κ1) is 12.1. The standard InChI is InChI=1S/C11H12ClN3OS/c1-16-10-8(12)3-6(4-9(10)17-2)7-5-14-15-11(7)13/h3-5H,1-2H3,(H3,13,14,15). The van der Waals surface area contributed by atoms with Gasteiger partial charge in [0.05, 0.1) is 23.2 Å². The number of rotatable bonds is 3. The van der Waals surface area contributed by atoms with E-state index in [1.165, 1.54) is 0 Å². The summed E-state index contributed by atoms with van der Waals surface area (Å²) in [7, 11) is 1.60. The molecule has 0 aliphatic heterocycles. The SMILES string of the molecule is COc1c(Cl)cc(-c2cn[nH]c2N)cc1SC. The van der Waals surface area contributed by atoms with E-state index in [4.69, 9.17) is 22.1 Å². The lowest BCUT2D eigenvalue weighted by Crippen LogP contribution is -1.91. The van der Waals surface area contributed by atoms with Crippen LogP contribution in [0.15, 0.2) is 23.2 Å². The fourth-order valence-corrected chi connectivity index (χ4v) is 2.58. The molecule has 0 amide bonds. The number of methoxy groups -OCH3 is 1. The molecule has 6 heteroatoms. The number of ether oxygens (including phenoxy) is 1. The van der Waals surface area contributed by atoms with Crippen molar-refractivity contribution in [1.82, 2.24) is 10.2 Å². The first-order chi connectivity index (χ1) is 8.17. The van der Waals surface area contributed by atoms with Crippen molar-refractivity contribution in [3.8, 4) is 16.9 Å². The minimum atomic E-state index is 0.526. The predicted octanol–water partition coefficient (Wildman–Crippen LogP) is 3.04. The second kappa shape index (κ2) is 4.89. The fraction of sp³-hybridized carbons (Fsp3) is 0.182. The van der Waals surface area contributed by atoms with Gasteiger partial charge in [0.25, 0.3) is 0 Å². The number of hydrogen-bond acceptors (Lipinski definition) is 4. The maximum Gasteiger partial charge on any atom is 0.151 e. The Morgan fingerprint density at radius 3 is 2.76 bits per heavy atom. The molecule has 0 unspecified atom stereocenters. The number of nitrogens with two attached hydrogens (primary N) is 1. The van der Waals surface area contributed by atoms with Crippen molar-refractivity contribution in [1.29, 1.82) is 0 Å². The van der Waals surface area contributed by atoms with Gasteiger partial charge in [-0.25, -0.2) is 0 Å². The zero-order valence-corrected chi connectivity index (χ0v) is 11.0. The third-order valence-electron chi connectivity index (χ3n) is 2.41. The molecule has 0 saturated heterocycles. The van der Waals surface area contributed by atoms with E-state index in [1.807, 2.05) is 18.4 Å². The van der Waals surface area contributed by atoms with E-state index in [0.717, 1.165) is 16.0 Å². The molecule has 2 rings (SSSR count). The van der Waals surface area contributed by atoms with E-state index in [0.29, 0.717) is 16.6 Å². The Balaban J connectivity index is 2.58. The molecule has 4 nitrogen and oxygen atoms in total. The number of aromatic nitrogens is 2. The number of nitrogens with one attached hydrogen (secondary N) is 1. The molecular formula is C11H12ClN3OS. The van der Waals surface area contributed by atoms with Crippen LogP contribution in [0.5, 0.6) is 5.75 Å². The summed E-state index contributed by atoms with van der Waals surface area (Å²) in [5.41, 5.74) is 7.55. The first-order valence-corrected chi connectivity index (χ1v) is 6.48. The van der Waals surface area contributed by atoms with E-state index < -0.39 is 0 Å². The Kier molecular flexibility index (Phi) is 3.49. The number of nitrogens with zero attached hydrogens (tertiary/aromatic N) is 1. The summed E-state index contributed by atoms with van der Waals surface area (Å²) < 4.78 is 5.26. The van der Waals surface area contributed by atoms with Crippen LogP contribution in [0.1, 0.15) is 0 Å². The fourth-order valence-electron chi connectivity index (χ4n) is 1.60. The molecule has 0 fully saturated rings. The van der Waals surface area contributed by atoms with Crippen LogP contribution in [0, 0.1) is 0 Å². The van der Waals surface area contributed by atoms with Gasteiger partial charge in [0, 0.05) is 5.56 Å². The lowest BCUT2D eigenvalue weighted by atomic mass is 10.1. The van der Waals surface area contributed by atoms with Crippen LogP contribution < -0.4 is 10.5 Å². The van der Waals surface area contributed by atoms with Gasteiger partial charge in [-0.2, -0.15) is 5.10 Å². The van der Waals surface area contributed by atoms with Gasteiger partial charge < -0.3 is 10.5 Å². The lowest BCUT2D eigenvalue weighted by molar-refractivity contribution is 0.405. The Labute approximate surface area is 108 Å². The summed E-state index contributed by atoms with van der Waals surface area (Å²) in [4.78, 5) is 0.968. The summed E-state index contributed by atoms with van der Waals surface area (Å²) in [6, 6.07) is 3.80. The van der Waals surface area contributed by atoms with E-state index in [9.17, 15) is 0 Å². The van der Waals surface area contributed by atoms with E-state index in [1.54, 1.807) is 25.1 Å². The number of anilines is 1. The van der Waals surface area contributed by atoms with Gasteiger partial charge >= 0.3 is 0 Å². The van der Waals surface area contributed by atoms with Crippen molar-refractivity contribution in [2.45, 2.75) is 4.90 Å². The van der Waals surface area contributed by atoms with Crippen LogP contribution in [0.3, 0.4) is 0 Å². The van der Waals surface area contributed by atoms with Crippen LogP contribution in [-0.4, -0.2) is 23.6 Å². The van der Waals surface area contributed by atoms with Crippen molar-refractivity contribution < 1.29 is 4.74 Å². The number of thioether (sulfide) groups is 1. The molecule has 3 N–H and O–H groups in total. The van der Waals surface area contributed by atoms with Gasteiger partial charge in [-0.05, 0) is 24.0 Å². The number of H-pyrrole nitrogens is 1. The zero-order chi connectivity index (χ0) is 12.4. The minimum Gasteiger partial charge on any atom is -0.494 e. The highest BCUT2D eigenvalue weighted by atomic mass is 35.5. The molecule has 17 heavy (non-hydrogen) atoms. The minimum absolute atomic E-state index is 0.526. The van der Waals surface area contributed by atoms with Gasteiger partial charge in [-0.15, -0.1) is 11.8 Å². The van der Waals surface area contributed by atoms with Gasteiger partial charge in [-0.3, -0.25) is 5.10 Å². The number of hydrogen-bond donors (Lipinski definition) is 2. The first-order valence-electron chi connectivity index (χ1n) is 4.88. The topological polar surface area (TPSA) is 63.9 Å². The maximum atomic E-state index is 6.17. The highest BCUT2D eigenvalue weighted by Crippen LogP contribution is 2.39. The average molecular weight is 270 g/mol. The lowest BCUT2D eigenvalue weighted by Gasteiger charge is -2.10. The summed E-state index contributed by atoms with van der Waals surface area (Å²) in [6.45, 7) is 0. The zero-order valence-electron chi connectivity index (χ0n) is 9.45. The molecule has 2 aromatic rings. The highest BCUT2D eigenvalue weighted by Gasteiger charge is 2.13. The van der Waals surface area contributed by atoms with Crippen molar-refractivity contribution in [2.75, 3.05) is 19.1 Å². The number of aromatic amines is 1. The third kappa shape index (κ3) is 2.21. The maximum absolute atomic E-state index is 6.17. The Bertz CT molecular complexity index is 542. The molecule has 0 radical (unpaired) electrons.